The number of hydrogen-bond acceptors (Lipinski definition) is 4. The number of methoxy groups -OCH3 is 1. The summed E-state index contributed by atoms with van der Waals surface area (Å²) in [5, 5.41) is 12.8. The number of hydrogen-bond donors (Lipinski definition) is 1. The fourth-order valence-electron chi connectivity index (χ4n) is 3.89. The summed E-state index contributed by atoms with van der Waals surface area (Å²) in [6.45, 7) is 6.62. The molecule has 0 aromatic heterocycles. The van der Waals surface area contributed by atoms with Crippen molar-refractivity contribution in [2.75, 3.05) is 24.4 Å². The van der Waals surface area contributed by atoms with E-state index in [-0.39, 0.29) is 11.1 Å². The van der Waals surface area contributed by atoms with E-state index in [0.717, 1.165) is 12.1 Å². The normalized spacial score (nSPS) is 17.7. The highest BCUT2D eigenvalue weighted by Gasteiger charge is 2.34. The van der Waals surface area contributed by atoms with E-state index in [9.17, 15) is 10.1 Å². The molecule has 2 aromatic carbocycles. The molecule has 0 bridgehead atoms. The Kier molecular flexibility index (Phi) is 6.09. The maximum absolute atomic E-state index is 12.6. The SMILES string of the molecule is COc1ccc(NC(=O)/C(C#N)=C/c2cc3c(cc2Cl)N(C)C(C)(C)CC3C)cc1. The zero-order chi connectivity index (χ0) is 22.1. The fraction of sp³-hybridized carbons (Fsp3) is 0.333. The third kappa shape index (κ3) is 4.29. The molecule has 1 heterocycles. The van der Waals surface area contributed by atoms with Crippen molar-refractivity contribution in [1.82, 2.24) is 0 Å². The first-order chi connectivity index (χ1) is 14.2. The highest BCUT2D eigenvalue weighted by molar-refractivity contribution is 6.32. The lowest BCUT2D eigenvalue weighted by molar-refractivity contribution is -0.112. The van der Waals surface area contributed by atoms with Gasteiger partial charge in [0.25, 0.3) is 5.91 Å². The minimum Gasteiger partial charge on any atom is -0.497 e. The van der Waals surface area contributed by atoms with Crippen LogP contribution in [0.5, 0.6) is 5.75 Å². The van der Waals surface area contributed by atoms with Crippen LogP contribution in [0.4, 0.5) is 11.4 Å². The van der Waals surface area contributed by atoms with Crippen molar-refractivity contribution in [3.63, 3.8) is 0 Å². The van der Waals surface area contributed by atoms with Crippen molar-refractivity contribution in [3.8, 4) is 11.8 Å². The molecule has 0 saturated heterocycles. The molecule has 5 nitrogen and oxygen atoms in total. The fourth-order valence-corrected chi connectivity index (χ4v) is 4.10. The maximum Gasteiger partial charge on any atom is 0.266 e. The Morgan fingerprint density at radius 1 is 1.33 bits per heavy atom. The van der Waals surface area contributed by atoms with Crippen molar-refractivity contribution in [2.24, 2.45) is 0 Å². The summed E-state index contributed by atoms with van der Waals surface area (Å²) >= 11 is 6.54. The predicted octanol–water partition coefficient (Wildman–Crippen LogP) is 5.62. The topological polar surface area (TPSA) is 65.4 Å². The number of carbonyl (C=O) groups is 1. The third-order valence-corrected chi connectivity index (χ3v) is 6.09. The molecular formula is C24H26ClN3O2. The van der Waals surface area contributed by atoms with Crippen LogP contribution in [-0.4, -0.2) is 25.6 Å². The van der Waals surface area contributed by atoms with Gasteiger partial charge in [0, 0.05) is 29.0 Å². The second kappa shape index (κ2) is 8.41. The van der Waals surface area contributed by atoms with Crippen LogP contribution >= 0.6 is 11.6 Å². The first-order valence-corrected chi connectivity index (χ1v) is 10.2. The van der Waals surface area contributed by atoms with Crippen LogP contribution in [0.2, 0.25) is 5.02 Å². The number of ether oxygens (including phenoxy) is 1. The summed E-state index contributed by atoms with van der Waals surface area (Å²) in [7, 11) is 3.64. The van der Waals surface area contributed by atoms with Gasteiger partial charge >= 0.3 is 0 Å². The molecule has 30 heavy (non-hydrogen) atoms. The molecule has 0 radical (unpaired) electrons. The minimum absolute atomic E-state index is 0.00943. The number of rotatable bonds is 4. The molecule has 1 unspecified atom stereocenters. The monoisotopic (exact) mass is 423 g/mol. The van der Waals surface area contributed by atoms with Crippen molar-refractivity contribution in [3.05, 3.63) is 58.1 Å². The molecule has 1 amide bonds. The average Bonchev–Trinajstić information content (AvgIpc) is 2.71. The Morgan fingerprint density at radius 3 is 2.60 bits per heavy atom. The van der Waals surface area contributed by atoms with Gasteiger partial charge in [-0.15, -0.1) is 0 Å². The van der Waals surface area contributed by atoms with Gasteiger partial charge in [0.15, 0.2) is 0 Å². The summed E-state index contributed by atoms with van der Waals surface area (Å²) in [6.07, 6.45) is 2.55. The van der Waals surface area contributed by atoms with E-state index in [4.69, 9.17) is 16.3 Å². The number of carbonyl (C=O) groups excluding carboxylic acids is 1. The molecule has 0 fully saturated rings. The molecular weight excluding hydrogens is 398 g/mol. The van der Waals surface area contributed by atoms with Crippen LogP contribution in [0.1, 0.15) is 44.2 Å². The standard InChI is InChI=1S/C24H26ClN3O2/c1-15-13-24(2,3)28(4)22-12-21(25)16(11-20(15)22)10-17(14-26)23(29)27-18-6-8-19(30-5)9-7-18/h6-12,15H,13H2,1-5H3,(H,27,29)/b17-10+. The van der Waals surface area contributed by atoms with Gasteiger partial charge in [-0.25, -0.2) is 0 Å². The van der Waals surface area contributed by atoms with Gasteiger partial charge in [0.2, 0.25) is 0 Å². The van der Waals surface area contributed by atoms with Crippen LogP contribution in [0.25, 0.3) is 6.08 Å². The largest absolute Gasteiger partial charge is 0.497 e. The van der Waals surface area contributed by atoms with Crippen molar-refractivity contribution in [2.45, 2.75) is 38.6 Å². The third-order valence-electron chi connectivity index (χ3n) is 5.76. The summed E-state index contributed by atoms with van der Waals surface area (Å²) in [5.74, 6) is 0.546. The molecule has 0 saturated carbocycles. The molecule has 3 rings (SSSR count). The number of nitrogens with zero attached hydrogens (tertiary/aromatic N) is 2. The number of fused-ring (bicyclic) bond motifs is 1. The predicted molar refractivity (Wildman–Crippen MR) is 122 cm³/mol. The van der Waals surface area contributed by atoms with Gasteiger partial charge in [0.05, 0.1) is 7.11 Å². The molecule has 1 atom stereocenters. The van der Waals surface area contributed by atoms with E-state index < -0.39 is 5.91 Å². The van der Waals surface area contributed by atoms with Crippen molar-refractivity contribution < 1.29 is 9.53 Å². The van der Waals surface area contributed by atoms with Crippen LogP contribution in [0, 0.1) is 11.3 Å². The van der Waals surface area contributed by atoms with E-state index in [0.29, 0.717) is 27.9 Å². The highest BCUT2D eigenvalue weighted by atomic mass is 35.5. The molecule has 1 N–H and O–H groups in total. The Morgan fingerprint density at radius 2 is 2.00 bits per heavy atom. The van der Waals surface area contributed by atoms with Gasteiger partial charge in [-0.3, -0.25) is 4.79 Å². The van der Waals surface area contributed by atoms with E-state index in [1.807, 2.05) is 18.2 Å². The highest BCUT2D eigenvalue weighted by Crippen LogP contribution is 2.44. The first-order valence-electron chi connectivity index (χ1n) is 9.80. The summed E-state index contributed by atoms with van der Waals surface area (Å²) in [5.41, 5.74) is 3.52. The van der Waals surface area contributed by atoms with E-state index >= 15 is 0 Å². The van der Waals surface area contributed by atoms with Crippen molar-refractivity contribution in [1.29, 1.82) is 5.26 Å². The van der Waals surface area contributed by atoms with Gasteiger partial charge in [0.1, 0.15) is 17.4 Å². The quantitative estimate of drug-likeness (QED) is 0.512. The molecule has 1 aliphatic heterocycles. The molecule has 2 aromatic rings. The molecule has 0 aliphatic carbocycles. The number of halogens is 1. The lowest BCUT2D eigenvalue weighted by atomic mass is 9.80. The van der Waals surface area contributed by atoms with Crippen molar-refractivity contribution >= 4 is 35.0 Å². The second-order valence-electron chi connectivity index (χ2n) is 8.26. The first kappa shape index (κ1) is 21.7. The number of nitriles is 1. The molecule has 156 valence electrons. The van der Waals surface area contributed by atoms with Gasteiger partial charge < -0.3 is 15.0 Å². The molecule has 1 aliphatic rings. The molecule has 0 spiro atoms. The average molecular weight is 424 g/mol. The smallest absolute Gasteiger partial charge is 0.266 e. The summed E-state index contributed by atoms with van der Waals surface area (Å²) in [4.78, 5) is 14.9. The Bertz CT molecular complexity index is 1040. The van der Waals surface area contributed by atoms with E-state index in [1.165, 1.54) is 5.56 Å². The van der Waals surface area contributed by atoms with Crippen LogP contribution in [-0.2, 0) is 4.79 Å². The minimum atomic E-state index is -0.484. The zero-order valence-corrected chi connectivity index (χ0v) is 18.7. The zero-order valence-electron chi connectivity index (χ0n) is 17.9. The van der Waals surface area contributed by atoms with E-state index in [1.54, 1.807) is 37.5 Å². The number of nitrogens with one attached hydrogen (secondary N) is 1. The van der Waals surface area contributed by atoms with E-state index in [2.05, 4.69) is 38.0 Å². The summed E-state index contributed by atoms with van der Waals surface area (Å²) in [6, 6.07) is 12.8. The van der Waals surface area contributed by atoms with Gasteiger partial charge in [-0.1, -0.05) is 18.5 Å². The number of anilines is 2. The van der Waals surface area contributed by atoms with Crippen LogP contribution < -0.4 is 15.0 Å². The van der Waals surface area contributed by atoms with Crippen LogP contribution in [0.15, 0.2) is 42.0 Å². The number of amides is 1. The van der Waals surface area contributed by atoms with Gasteiger partial charge in [-0.2, -0.15) is 5.26 Å². The Balaban J connectivity index is 1.91. The lowest BCUT2D eigenvalue weighted by Crippen LogP contribution is -2.45. The summed E-state index contributed by atoms with van der Waals surface area (Å²) < 4.78 is 5.11. The maximum atomic E-state index is 12.6. The second-order valence-corrected chi connectivity index (χ2v) is 8.67. The van der Waals surface area contributed by atoms with Gasteiger partial charge in [-0.05, 0) is 79.8 Å². The Hall–Kier alpha value is -2.97. The number of benzene rings is 2. The lowest BCUT2D eigenvalue weighted by Gasteiger charge is -2.45. The van der Waals surface area contributed by atoms with Crippen LogP contribution in [0.3, 0.4) is 0 Å². The Labute approximate surface area is 182 Å². The molecule has 6 heteroatoms.